The Balaban J connectivity index is 1.45. The lowest BCUT2D eigenvalue weighted by Crippen LogP contribution is -2.43. The van der Waals surface area contributed by atoms with Crippen molar-refractivity contribution in [1.82, 2.24) is 14.9 Å². The van der Waals surface area contributed by atoms with Gasteiger partial charge in [0.2, 0.25) is 0 Å². The van der Waals surface area contributed by atoms with Gasteiger partial charge in [0.1, 0.15) is 17.2 Å². The van der Waals surface area contributed by atoms with Crippen molar-refractivity contribution in [3.05, 3.63) is 71.1 Å². The molecule has 1 fully saturated rings. The van der Waals surface area contributed by atoms with Gasteiger partial charge < -0.3 is 25.0 Å². The van der Waals surface area contributed by atoms with Crippen molar-refractivity contribution < 1.29 is 23.9 Å². The van der Waals surface area contributed by atoms with Crippen molar-refractivity contribution in [2.75, 3.05) is 23.9 Å². The summed E-state index contributed by atoms with van der Waals surface area (Å²) in [4.78, 5) is 49.9. The summed E-state index contributed by atoms with van der Waals surface area (Å²) >= 11 is 7.43. The van der Waals surface area contributed by atoms with Crippen LogP contribution in [0.25, 0.3) is 0 Å². The Morgan fingerprint density at radius 1 is 1.00 bits per heavy atom. The minimum Gasteiger partial charge on any atom is -0.490 e. The first kappa shape index (κ1) is 32.1. The predicted octanol–water partition coefficient (Wildman–Crippen LogP) is 6.91. The number of amides is 3. The highest BCUT2D eigenvalue weighted by molar-refractivity contribution is 7.98. The Labute approximate surface area is 260 Å². The van der Waals surface area contributed by atoms with E-state index in [0.29, 0.717) is 35.0 Å². The van der Waals surface area contributed by atoms with Crippen LogP contribution >= 0.6 is 23.4 Å². The number of aromatic nitrogens is 2. The third-order valence-corrected chi connectivity index (χ3v) is 7.79. The average Bonchev–Trinajstić information content (AvgIpc) is 2.97. The van der Waals surface area contributed by atoms with Crippen molar-refractivity contribution in [3.8, 4) is 5.75 Å². The highest BCUT2D eigenvalue weighted by Crippen LogP contribution is 2.32. The van der Waals surface area contributed by atoms with Gasteiger partial charge in [-0.1, -0.05) is 11.6 Å². The van der Waals surface area contributed by atoms with E-state index in [4.69, 9.17) is 21.1 Å². The third-order valence-electron chi connectivity index (χ3n) is 6.84. The van der Waals surface area contributed by atoms with Crippen molar-refractivity contribution >= 4 is 52.8 Å². The Morgan fingerprint density at radius 2 is 1.74 bits per heavy atom. The van der Waals surface area contributed by atoms with Crippen LogP contribution in [0.3, 0.4) is 0 Å². The molecule has 1 aromatic carbocycles. The summed E-state index contributed by atoms with van der Waals surface area (Å²) in [5.74, 6) is -0.220. The topological polar surface area (TPSA) is 123 Å². The van der Waals surface area contributed by atoms with E-state index < -0.39 is 17.4 Å². The summed E-state index contributed by atoms with van der Waals surface area (Å²) in [5, 5.41) is 5.93. The molecule has 43 heavy (non-hydrogen) atoms. The molecule has 0 radical (unpaired) electrons. The molecule has 0 saturated heterocycles. The first-order chi connectivity index (χ1) is 20.4. The number of anilines is 2. The molecular weight excluding hydrogens is 590 g/mol. The van der Waals surface area contributed by atoms with E-state index in [2.05, 4.69) is 20.6 Å². The van der Waals surface area contributed by atoms with Crippen molar-refractivity contribution in [2.45, 2.75) is 69.1 Å². The maximum Gasteiger partial charge on any atom is 0.410 e. The van der Waals surface area contributed by atoms with Crippen LogP contribution in [0, 0.1) is 0 Å². The van der Waals surface area contributed by atoms with Crippen molar-refractivity contribution in [2.24, 2.45) is 0 Å². The Morgan fingerprint density at radius 3 is 2.40 bits per heavy atom. The second-order valence-electron chi connectivity index (χ2n) is 11.2. The molecule has 10 nitrogen and oxygen atoms in total. The van der Waals surface area contributed by atoms with Crippen LogP contribution in [-0.2, 0) is 4.74 Å². The van der Waals surface area contributed by atoms with Gasteiger partial charge in [0, 0.05) is 30.4 Å². The van der Waals surface area contributed by atoms with Gasteiger partial charge in [-0.25, -0.2) is 14.8 Å². The molecule has 1 saturated carbocycles. The molecule has 0 aliphatic heterocycles. The summed E-state index contributed by atoms with van der Waals surface area (Å²) < 4.78 is 11.9. The molecule has 2 heterocycles. The van der Waals surface area contributed by atoms with Crippen LogP contribution in [0.5, 0.6) is 5.75 Å². The number of carbonyl (C=O) groups is 3. The van der Waals surface area contributed by atoms with E-state index >= 15 is 0 Å². The van der Waals surface area contributed by atoms with E-state index in [1.165, 1.54) is 12.4 Å². The number of halogens is 1. The molecule has 4 rings (SSSR count). The molecular formula is C31H36ClN5O5S. The second kappa shape index (κ2) is 14.1. The summed E-state index contributed by atoms with van der Waals surface area (Å²) in [6.07, 6.45) is 7.31. The van der Waals surface area contributed by atoms with Gasteiger partial charge in [-0.15, -0.1) is 11.8 Å². The van der Waals surface area contributed by atoms with E-state index in [1.54, 1.807) is 54.0 Å². The largest absolute Gasteiger partial charge is 0.490 e. The zero-order valence-corrected chi connectivity index (χ0v) is 26.4. The number of hydrogen-bond acceptors (Lipinski definition) is 8. The predicted molar refractivity (Wildman–Crippen MR) is 168 cm³/mol. The van der Waals surface area contributed by atoms with Crippen LogP contribution in [-0.4, -0.2) is 63.8 Å². The van der Waals surface area contributed by atoms with Crippen LogP contribution in [0.2, 0.25) is 5.02 Å². The van der Waals surface area contributed by atoms with Gasteiger partial charge in [0.05, 0.1) is 22.4 Å². The SMILES string of the molecule is CSc1ccc(C(=O)Nc2cccnc2C(=O)Nc2ccc(Cl)cn2)c(OC2CCC(N(C)C(=O)OC(C)(C)C)CC2)c1. The van der Waals surface area contributed by atoms with Gasteiger partial charge in [0.15, 0.2) is 5.69 Å². The minimum atomic E-state index is -0.556. The van der Waals surface area contributed by atoms with E-state index in [1.807, 2.05) is 39.2 Å². The Bertz CT molecular complexity index is 1460. The standard InChI is InChI=1S/C31H36ClN5O5S/c1-31(2,3)42-30(40)37(4)20-9-11-21(12-10-20)41-25-17-22(43-5)13-14-23(25)28(38)35-24-7-6-16-33-27(24)29(39)36-26-15-8-19(32)18-34-26/h6-8,13-18,20-21H,9-12H2,1-5H3,(H,35,38)(H,34,36,39). The van der Waals surface area contributed by atoms with Gasteiger partial charge in [-0.3, -0.25) is 9.59 Å². The van der Waals surface area contributed by atoms with Gasteiger partial charge in [-0.05, 0) is 95.2 Å². The van der Waals surface area contributed by atoms with Crippen LogP contribution in [0.1, 0.15) is 67.3 Å². The summed E-state index contributed by atoms with van der Waals surface area (Å²) in [6.45, 7) is 5.55. The minimum absolute atomic E-state index is 0.0308. The molecule has 0 bridgehead atoms. The lowest BCUT2D eigenvalue weighted by atomic mass is 9.92. The lowest BCUT2D eigenvalue weighted by molar-refractivity contribution is 0.0138. The second-order valence-corrected chi connectivity index (χ2v) is 12.5. The fraction of sp³-hybridized carbons (Fsp3) is 0.387. The molecule has 228 valence electrons. The fourth-order valence-corrected chi connectivity index (χ4v) is 5.17. The number of pyridine rings is 2. The number of carbonyl (C=O) groups excluding carboxylic acids is 3. The van der Waals surface area contributed by atoms with Crippen molar-refractivity contribution in [3.63, 3.8) is 0 Å². The van der Waals surface area contributed by atoms with Gasteiger partial charge in [0.25, 0.3) is 11.8 Å². The lowest BCUT2D eigenvalue weighted by Gasteiger charge is -2.35. The highest BCUT2D eigenvalue weighted by Gasteiger charge is 2.31. The molecule has 2 N–H and O–H groups in total. The molecule has 3 aromatic rings. The molecule has 2 aromatic heterocycles. The number of rotatable bonds is 8. The number of nitrogens with one attached hydrogen (secondary N) is 2. The summed E-state index contributed by atoms with van der Waals surface area (Å²) in [5.41, 5.74) is 0.0484. The molecule has 1 aliphatic rings. The maximum absolute atomic E-state index is 13.5. The van der Waals surface area contributed by atoms with E-state index in [9.17, 15) is 14.4 Å². The van der Waals surface area contributed by atoms with Gasteiger partial charge in [-0.2, -0.15) is 0 Å². The fourth-order valence-electron chi connectivity index (χ4n) is 4.63. The molecule has 0 atom stereocenters. The zero-order chi connectivity index (χ0) is 31.1. The van der Waals surface area contributed by atoms with Gasteiger partial charge >= 0.3 is 6.09 Å². The molecule has 12 heteroatoms. The smallest absolute Gasteiger partial charge is 0.410 e. The Hall–Kier alpha value is -3.83. The monoisotopic (exact) mass is 625 g/mol. The van der Waals surface area contributed by atoms with E-state index in [-0.39, 0.29) is 29.6 Å². The van der Waals surface area contributed by atoms with Crippen LogP contribution in [0.15, 0.2) is 59.8 Å². The summed E-state index contributed by atoms with van der Waals surface area (Å²) in [6, 6.07) is 11.9. The van der Waals surface area contributed by atoms with Crippen LogP contribution in [0.4, 0.5) is 16.3 Å². The molecule has 3 amide bonds. The first-order valence-electron chi connectivity index (χ1n) is 13.9. The van der Waals surface area contributed by atoms with Crippen molar-refractivity contribution in [1.29, 1.82) is 0 Å². The summed E-state index contributed by atoms with van der Waals surface area (Å²) in [7, 11) is 1.77. The number of nitrogens with zero attached hydrogens (tertiary/aromatic N) is 3. The number of thioether (sulfide) groups is 1. The maximum atomic E-state index is 13.5. The first-order valence-corrected chi connectivity index (χ1v) is 15.5. The quantitative estimate of drug-likeness (QED) is 0.259. The van der Waals surface area contributed by atoms with Crippen LogP contribution < -0.4 is 15.4 Å². The average molecular weight is 626 g/mol. The number of benzene rings is 1. The Kier molecular flexibility index (Phi) is 10.5. The molecule has 0 spiro atoms. The normalized spacial score (nSPS) is 16.6. The molecule has 0 unspecified atom stereocenters. The third kappa shape index (κ3) is 8.84. The van der Waals surface area contributed by atoms with E-state index in [0.717, 1.165) is 17.7 Å². The zero-order valence-electron chi connectivity index (χ0n) is 24.8. The highest BCUT2D eigenvalue weighted by atomic mass is 35.5. The number of hydrogen-bond donors (Lipinski definition) is 2. The number of ether oxygens (including phenoxy) is 2. The molecule has 1 aliphatic carbocycles.